The van der Waals surface area contributed by atoms with E-state index in [2.05, 4.69) is 31.0 Å². The summed E-state index contributed by atoms with van der Waals surface area (Å²) in [5.41, 5.74) is 0. The van der Waals surface area contributed by atoms with Gasteiger partial charge in [0.2, 0.25) is 0 Å². The molecular weight excluding hydrogens is 212 g/mol. The number of ether oxygens (including phenoxy) is 1. The van der Waals surface area contributed by atoms with Gasteiger partial charge in [0.1, 0.15) is 0 Å². The van der Waals surface area contributed by atoms with E-state index >= 15 is 0 Å². The van der Waals surface area contributed by atoms with Crippen molar-refractivity contribution in [3.05, 3.63) is 0 Å². The molecular formula is C14H30N2O. The van der Waals surface area contributed by atoms with E-state index in [4.69, 9.17) is 4.74 Å². The van der Waals surface area contributed by atoms with Crippen molar-refractivity contribution in [1.29, 1.82) is 0 Å². The first-order chi connectivity index (χ1) is 8.22. The van der Waals surface area contributed by atoms with Crippen molar-refractivity contribution in [2.45, 2.75) is 33.6 Å². The summed E-state index contributed by atoms with van der Waals surface area (Å²) in [5, 5.41) is 3.57. The lowest BCUT2D eigenvalue weighted by Crippen LogP contribution is -2.29. The molecule has 1 atom stereocenters. The van der Waals surface area contributed by atoms with Gasteiger partial charge in [-0.15, -0.1) is 0 Å². The average Bonchev–Trinajstić information content (AvgIpc) is 2.72. The van der Waals surface area contributed by atoms with Crippen LogP contribution in [0.15, 0.2) is 0 Å². The van der Waals surface area contributed by atoms with Gasteiger partial charge in [-0.1, -0.05) is 13.8 Å². The Hall–Kier alpha value is -0.120. The van der Waals surface area contributed by atoms with Crippen LogP contribution >= 0.6 is 0 Å². The molecule has 3 nitrogen and oxygen atoms in total. The standard InChI is InChI=1S/C14H30N2O/c1-4-17-9-5-7-16-8-6-14(12-16)11-15-10-13(2)3/h13-15H,4-12H2,1-3H3. The van der Waals surface area contributed by atoms with Gasteiger partial charge in [0.25, 0.3) is 0 Å². The molecule has 0 aliphatic carbocycles. The Morgan fingerprint density at radius 3 is 2.94 bits per heavy atom. The van der Waals surface area contributed by atoms with Gasteiger partial charge >= 0.3 is 0 Å². The third kappa shape index (κ3) is 7.02. The van der Waals surface area contributed by atoms with E-state index in [0.29, 0.717) is 0 Å². The summed E-state index contributed by atoms with van der Waals surface area (Å²) >= 11 is 0. The fraction of sp³-hybridized carbons (Fsp3) is 1.00. The predicted molar refractivity (Wildman–Crippen MR) is 73.4 cm³/mol. The molecule has 0 bridgehead atoms. The largest absolute Gasteiger partial charge is 0.382 e. The van der Waals surface area contributed by atoms with Crippen molar-refractivity contribution in [2.24, 2.45) is 11.8 Å². The molecule has 17 heavy (non-hydrogen) atoms. The smallest absolute Gasteiger partial charge is 0.0478 e. The first-order valence-corrected chi connectivity index (χ1v) is 7.23. The summed E-state index contributed by atoms with van der Waals surface area (Å²) in [7, 11) is 0. The molecule has 0 aromatic carbocycles. The molecule has 1 heterocycles. The maximum atomic E-state index is 5.37. The Bertz CT molecular complexity index is 185. The second kappa shape index (κ2) is 8.90. The lowest BCUT2D eigenvalue weighted by atomic mass is 10.1. The maximum Gasteiger partial charge on any atom is 0.0478 e. The highest BCUT2D eigenvalue weighted by Crippen LogP contribution is 2.15. The van der Waals surface area contributed by atoms with E-state index in [-0.39, 0.29) is 0 Å². The van der Waals surface area contributed by atoms with Gasteiger partial charge in [0.15, 0.2) is 0 Å². The SMILES string of the molecule is CCOCCCN1CCC(CNCC(C)C)C1. The van der Waals surface area contributed by atoms with E-state index in [1.807, 2.05) is 0 Å². The minimum absolute atomic E-state index is 0.763. The van der Waals surface area contributed by atoms with Crippen LogP contribution in [0.1, 0.15) is 33.6 Å². The Morgan fingerprint density at radius 2 is 2.24 bits per heavy atom. The molecule has 0 radical (unpaired) electrons. The number of likely N-dealkylation sites (tertiary alicyclic amines) is 1. The van der Waals surface area contributed by atoms with E-state index in [9.17, 15) is 0 Å². The quantitative estimate of drug-likeness (QED) is 0.626. The average molecular weight is 242 g/mol. The number of hydrogen-bond acceptors (Lipinski definition) is 3. The summed E-state index contributed by atoms with van der Waals surface area (Å²) in [4.78, 5) is 2.58. The zero-order valence-corrected chi connectivity index (χ0v) is 11.9. The van der Waals surface area contributed by atoms with Gasteiger partial charge in [-0.25, -0.2) is 0 Å². The Balaban J connectivity index is 1.98. The van der Waals surface area contributed by atoms with Crippen LogP contribution in [0.3, 0.4) is 0 Å². The van der Waals surface area contributed by atoms with Gasteiger partial charge in [-0.05, 0) is 51.2 Å². The monoisotopic (exact) mass is 242 g/mol. The van der Waals surface area contributed by atoms with E-state index in [0.717, 1.165) is 31.6 Å². The molecule has 1 aliphatic heterocycles. The van der Waals surface area contributed by atoms with Gasteiger partial charge in [0.05, 0.1) is 0 Å². The first kappa shape index (κ1) is 14.9. The van der Waals surface area contributed by atoms with Crippen LogP contribution in [0.5, 0.6) is 0 Å². The number of nitrogens with zero attached hydrogens (tertiary/aromatic N) is 1. The predicted octanol–water partition coefficient (Wildman–Crippen LogP) is 1.98. The lowest BCUT2D eigenvalue weighted by molar-refractivity contribution is 0.135. The fourth-order valence-electron chi connectivity index (χ4n) is 2.39. The van der Waals surface area contributed by atoms with Crippen LogP contribution in [0, 0.1) is 11.8 Å². The highest BCUT2D eigenvalue weighted by Gasteiger charge is 2.21. The zero-order chi connectivity index (χ0) is 12.5. The molecule has 102 valence electrons. The van der Waals surface area contributed by atoms with Crippen molar-refractivity contribution in [3.8, 4) is 0 Å². The van der Waals surface area contributed by atoms with Gasteiger partial charge in [-0.3, -0.25) is 0 Å². The molecule has 0 aromatic rings. The molecule has 0 spiro atoms. The normalized spacial score (nSPS) is 21.5. The first-order valence-electron chi connectivity index (χ1n) is 7.23. The summed E-state index contributed by atoms with van der Waals surface area (Å²) in [6.45, 7) is 14.5. The molecule has 0 amide bonds. The number of rotatable bonds is 9. The molecule has 1 aliphatic rings. The van der Waals surface area contributed by atoms with E-state index in [1.165, 1.54) is 39.0 Å². The minimum atomic E-state index is 0.763. The van der Waals surface area contributed by atoms with Crippen LogP contribution < -0.4 is 5.32 Å². The van der Waals surface area contributed by atoms with E-state index < -0.39 is 0 Å². The highest BCUT2D eigenvalue weighted by atomic mass is 16.5. The molecule has 1 saturated heterocycles. The van der Waals surface area contributed by atoms with Crippen molar-refractivity contribution >= 4 is 0 Å². The Kier molecular flexibility index (Phi) is 7.82. The minimum Gasteiger partial charge on any atom is -0.382 e. The Labute approximate surface area is 107 Å². The van der Waals surface area contributed by atoms with Gasteiger partial charge in [-0.2, -0.15) is 0 Å². The second-order valence-corrected chi connectivity index (χ2v) is 5.56. The topological polar surface area (TPSA) is 24.5 Å². The lowest BCUT2D eigenvalue weighted by Gasteiger charge is -2.16. The van der Waals surface area contributed by atoms with Crippen LogP contribution in [0.4, 0.5) is 0 Å². The molecule has 1 fully saturated rings. The maximum absolute atomic E-state index is 5.37. The van der Waals surface area contributed by atoms with Crippen molar-refractivity contribution in [3.63, 3.8) is 0 Å². The molecule has 0 saturated carbocycles. The molecule has 1 unspecified atom stereocenters. The van der Waals surface area contributed by atoms with Crippen LogP contribution in [-0.2, 0) is 4.74 Å². The van der Waals surface area contributed by atoms with Crippen LogP contribution in [0.25, 0.3) is 0 Å². The fourth-order valence-corrected chi connectivity index (χ4v) is 2.39. The molecule has 1 rings (SSSR count). The third-order valence-corrected chi connectivity index (χ3v) is 3.32. The van der Waals surface area contributed by atoms with Crippen LogP contribution in [-0.4, -0.2) is 50.8 Å². The third-order valence-electron chi connectivity index (χ3n) is 3.32. The highest BCUT2D eigenvalue weighted by molar-refractivity contribution is 4.77. The number of hydrogen-bond donors (Lipinski definition) is 1. The van der Waals surface area contributed by atoms with Gasteiger partial charge < -0.3 is 15.0 Å². The van der Waals surface area contributed by atoms with E-state index in [1.54, 1.807) is 0 Å². The van der Waals surface area contributed by atoms with Crippen LogP contribution in [0.2, 0.25) is 0 Å². The molecule has 1 N–H and O–H groups in total. The summed E-state index contributed by atoms with van der Waals surface area (Å²) in [6.07, 6.45) is 2.54. The Morgan fingerprint density at radius 1 is 1.41 bits per heavy atom. The summed E-state index contributed by atoms with van der Waals surface area (Å²) in [5.74, 6) is 1.62. The van der Waals surface area contributed by atoms with Gasteiger partial charge in [0, 0.05) is 26.3 Å². The van der Waals surface area contributed by atoms with Crippen molar-refractivity contribution in [1.82, 2.24) is 10.2 Å². The summed E-state index contributed by atoms with van der Waals surface area (Å²) in [6, 6.07) is 0. The molecule has 0 aromatic heterocycles. The van der Waals surface area contributed by atoms with Crippen molar-refractivity contribution < 1.29 is 4.74 Å². The zero-order valence-electron chi connectivity index (χ0n) is 11.9. The van der Waals surface area contributed by atoms with Crippen molar-refractivity contribution in [2.75, 3.05) is 45.9 Å². The second-order valence-electron chi connectivity index (χ2n) is 5.56. The molecule has 3 heteroatoms. The summed E-state index contributed by atoms with van der Waals surface area (Å²) < 4.78 is 5.37. The number of nitrogens with one attached hydrogen (secondary N) is 1.